The second kappa shape index (κ2) is 12.3. The quantitative estimate of drug-likeness (QED) is 0.418. The Morgan fingerprint density at radius 3 is 2.37 bits per heavy atom. The summed E-state index contributed by atoms with van der Waals surface area (Å²) in [6.07, 6.45) is 5.97. The Morgan fingerprint density at radius 1 is 1.05 bits per heavy atom. The third kappa shape index (κ3) is 5.45. The number of aliphatic hydroxyl groups is 1. The average Bonchev–Trinajstić information content (AvgIpc) is 3.24. The summed E-state index contributed by atoms with van der Waals surface area (Å²) in [4.78, 5) is 42.7. The van der Waals surface area contributed by atoms with Crippen LogP contribution in [0.2, 0.25) is 0 Å². The van der Waals surface area contributed by atoms with Gasteiger partial charge < -0.3 is 25.4 Å². The first-order chi connectivity index (χ1) is 18.4. The number of likely N-dealkylation sites (tertiary alicyclic amines) is 1. The molecule has 0 radical (unpaired) electrons. The Bertz CT molecular complexity index is 1150. The van der Waals surface area contributed by atoms with Crippen LogP contribution in [0.15, 0.2) is 66.7 Å². The Labute approximate surface area is 224 Å². The Kier molecular flexibility index (Phi) is 8.84. The lowest BCUT2D eigenvalue weighted by molar-refractivity contribution is -0.142. The van der Waals surface area contributed by atoms with Crippen LogP contribution < -0.4 is 15.4 Å². The number of rotatable bonds is 10. The van der Waals surface area contributed by atoms with Gasteiger partial charge in [0, 0.05) is 18.7 Å². The van der Waals surface area contributed by atoms with Crippen molar-refractivity contribution in [3.63, 3.8) is 0 Å². The number of carbonyl (C=O) groups is 3. The van der Waals surface area contributed by atoms with Gasteiger partial charge in [-0.1, -0.05) is 55.8 Å². The third-order valence-corrected chi connectivity index (χ3v) is 7.76. The first kappa shape index (κ1) is 27.4. The summed E-state index contributed by atoms with van der Waals surface area (Å²) in [5.41, 5.74) is 1.52. The standard InChI is InChI=1S/C30H37N3O5/c1-4-8-20-11-16-24-26(25(20)28(35)31-2)30(37)33(22(18-34)17-19-9-6-5-7-10-19)27(24)29(36)32-21-12-14-23(38-3)15-13-21/h5-7,9-16,20,22,24-27,34H,4,8,17-18H2,1-3H3,(H,31,35)(H,32,36)/t20-,22-,24+,25-,26+,27+/m1/s1. The molecule has 1 aliphatic heterocycles. The summed E-state index contributed by atoms with van der Waals surface area (Å²) in [7, 11) is 3.15. The maximum Gasteiger partial charge on any atom is 0.247 e. The van der Waals surface area contributed by atoms with E-state index in [2.05, 4.69) is 17.6 Å². The maximum absolute atomic E-state index is 14.2. The minimum atomic E-state index is -0.874. The summed E-state index contributed by atoms with van der Waals surface area (Å²) < 4.78 is 5.21. The van der Waals surface area contributed by atoms with E-state index in [9.17, 15) is 19.5 Å². The van der Waals surface area contributed by atoms with Crippen LogP contribution in [0.5, 0.6) is 5.75 Å². The van der Waals surface area contributed by atoms with E-state index in [4.69, 9.17) is 4.74 Å². The first-order valence-electron chi connectivity index (χ1n) is 13.2. The van der Waals surface area contributed by atoms with Gasteiger partial charge in [0.2, 0.25) is 17.7 Å². The summed E-state index contributed by atoms with van der Waals surface area (Å²) in [5.74, 6) is -2.02. The monoisotopic (exact) mass is 519 g/mol. The highest BCUT2D eigenvalue weighted by atomic mass is 16.5. The smallest absolute Gasteiger partial charge is 0.247 e. The highest BCUT2D eigenvalue weighted by Crippen LogP contribution is 2.46. The normalized spacial score (nSPS) is 25.0. The number of hydrogen-bond donors (Lipinski definition) is 3. The van der Waals surface area contributed by atoms with Crippen molar-refractivity contribution in [2.45, 2.75) is 38.3 Å². The number of benzene rings is 2. The lowest BCUT2D eigenvalue weighted by Gasteiger charge is -2.34. The van der Waals surface area contributed by atoms with Crippen molar-refractivity contribution < 1.29 is 24.2 Å². The average molecular weight is 520 g/mol. The van der Waals surface area contributed by atoms with E-state index in [0.717, 1.165) is 18.4 Å². The van der Waals surface area contributed by atoms with Crippen molar-refractivity contribution in [3.05, 3.63) is 72.3 Å². The molecule has 4 rings (SSSR count). The molecule has 8 heteroatoms. The van der Waals surface area contributed by atoms with Gasteiger partial charge in [-0.15, -0.1) is 0 Å². The maximum atomic E-state index is 14.2. The van der Waals surface area contributed by atoms with E-state index in [1.165, 1.54) is 4.90 Å². The molecule has 0 spiro atoms. The minimum Gasteiger partial charge on any atom is -0.497 e. The fourth-order valence-corrected chi connectivity index (χ4v) is 6.00. The molecule has 3 N–H and O–H groups in total. The van der Waals surface area contributed by atoms with Crippen LogP contribution in [-0.2, 0) is 20.8 Å². The molecule has 0 unspecified atom stereocenters. The molecule has 3 amide bonds. The topological polar surface area (TPSA) is 108 Å². The van der Waals surface area contributed by atoms with Crippen molar-refractivity contribution in [3.8, 4) is 5.75 Å². The number of ether oxygens (including phenoxy) is 1. The molecule has 2 aliphatic rings. The zero-order chi connectivity index (χ0) is 27.2. The molecule has 0 aromatic heterocycles. The molecule has 0 saturated carbocycles. The molecular weight excluding hydrogens is 482 g/mol. The summed E-state index contributed by atoms with van der Waals surface area (Å²) >= 11 is 0. The number of allylic oxidation sites excluding steroid dienone is 1. The highest BCUT2D eigenvalue weighted by molar-refractivity contribution is 6.02. The first-order valence-corrected chi connectivity index (χ1v) is 13.2. The van der Waals surface area contributed by atoms with E-state index in [0.29, 0.717) is 17.9 Å². The van der Waals surface area contributed by atoms with E-state index in [1.54, 1.807) is 38.4 Å². The number of nitrogens with one attached hydrogen (secondary N) is 2. The molecule has 2 aromatic carbocycles. The lowest BCUT2D eigenvalue weighted by Crippen LogP contribution is -2.51. The SMILES string of the molecule is CCC[C@@H]1C=C[C@H]2[C@H](C(=O)N([C@@H](CO)Cc3ccccc3)[C@@H]2C(=O)Nc2ccc(OC)cc2)[C@@H]1C(=O)NC. The van der Waals surface area contributed by atoms with E-state index < -0.39 is 29.8 Å². The molecule has 38 heavy (non-hydrogen) atoms. The number of hydrogen-bond acceptors (Lipinski definition) is 5. The second-order valence-corrected chi connectivity index (χ2v) is 10.0. The molecule has 1 fully saturated rings. The van der Waals surface area contributed by atoms with Crippen molar-refractivity contribution in [2.75, 3.05) is 26.1 Å². The Balaban J connectivity index is 1.73. The van der Waals surface area contributed by atoms with Gasteiger partial charge in [-0.3, -0.25) is 14.4 Å². The van der Waals surface area contributed by atoms with Crippen molar-refractivity contribution >= 4 is 23.4 Å². The van der Waals surface area contributed by atoms with Crippen LogP contribution in [0.25, 0.3) is 0 Å². The van der Waals surface area contributed by atoms with Gasteiger partial charge in [0.1, 0.15) is 11.8 Å². The molecule has 0 bridgehead atoms. The number of nitrogens with zero attached hydrogens (tertiary/aromatic N) is 1. The number of carbonyl (C=O) groups excluding carboxylic acids is 3. The van der Waals surface area contributed by atoms with Crippen molar-refractivity contribution in [1.29, 1.82) is 0 Å². The van der Waals surface area contributed by atoms with Gasteiger partial charge in [-0.2, -0.15) is 0 Å². The largest absolute Gasteiger partial charge is 0.497 e. The van der Waals surface area contributed by atoms with Gasteiger partial charge in [0.25, 0.3) is 0 Å². The number of anilines is 1. The molecular formula is C30H37N3O5. The number of aliphatic hydroxyl groups excluding tert-OH is 1. The van der Waals surface area contributed by atoms with Crippen LogP contribution >= 0.6 is 0 Å². The van der Waals surface area contributed by atoms with Gasteiger partial charge in [0.15, 0.2) is 0 Å². The van der Waals surface area contributed by atoms with Crippen LogP contribution in [0, 0.1) is 23.7 Å². The van der Waals surface area contributed by atoms with E-state index in [-0.39, 0.29) is 30.2 Å². The van der Waals surface area contributed by atoms with Gasteiger partial charge in [-0.05, 0) is 48.6 Å². The summed E-state index contributed by atoms with van der Waals surface area (Å²) in [6, 6.07) is 15.1. The molecule has 1 aliphatic carbocycles. The van der Waals surface area contributed by atoms with Gasteiger partial charge in [0.05, 0.1) is 31.6 Å². The van der Waals surface area contributed by atoms with E-state index in [1.807, 2.05) is 42.5 Å². The predicted molar refractivity (Wildman–Crippen MR) is 145 cm³/mol. The molecule has 1 saturated heterocycles. The zero-order valence-corrected chi connectivity index (χ0v) is 22.2. The molecule has 6 atom stereocenters. The van der Waals surface area contributed by atoms with E-state index >= 15 is 0 Å². The molecule has 8 nitrogen and oxygen atoms in total. The Morgan fingerprint density at radius 2 is 1.76 bits per heavy atom. The van der Waals surface area contributed by atoms with Crippen molar-refractivity contribution in [2.24, 2.45) is 23.7 Å². The van der Waals surface area contributed by atoms with Crippen LogP contribution in [0.4, 0.5) is 5.69 Å². The second-order valence-electron chi connectivity index (χ2n) is 10.0. The van der Waals surface area contributed by atoms with Gasteiger partial charge in [-0.25, -0.2) is 0 Å². The minimum absolute atomic E-state index is 0.0999. The molecule has 1 heterocycles. The molecule has 202 valence electrons. The fraction of sp³-hybridized carbons (Fsp3) is 0.433. The fourth-order valence-electron chi connectivity index (χ4n) is 6.00. The third-order valence-electron chi connectivity index (χ3n) is 7.76. The van der Waals surface area contributed by atoms with Crippen LogP contribution in [-0.4, -0.2) is 60.6 Å². The lowest BCUT2D eigenvalue weighted by atomic mass is 9.68. The number of fused-ring (bicyclic) bond motifs is 1. The summed E-state index contributed by atoms with van der Waals surface area (Å²) in [5, 5.41) is 16.2. The molecule has 2 aromatic rings. The number of methoxy groups -OCH3 is 1. The van der Waals surface area contributed by atoms with Crippen molar-refractivity contribution in [1.82, 2.24) is 10.2 Å². The highest BCUT2D eigenvalue weighted by Gasteiger charge is 2.58. The Hall–Kier alpha value is -3.65. The van der Waals surface area contributed by atoms with Crippen LogP contribution in [0.1, 0.15) is 25.3 Å². The van der Waals surface area contributed by atoms with Gasteiger partial charge >= 0.3 is 0 Å². The predicted octanol–water partition coefficient (Wildman–Crippen LogP) is 3.03. The number of amides is 3. The summed E-state index contributed by atoms with van der Waals surface area (Å²) in [6.45, 7) is 1.75. The van der Waals surface area contributed by atoms with Crippen LogP contribution in [0.3, 0.4) is 0 Å². The zero-order valence-electron chi connectivity index (χ0n) is 22.2.